The molecule has 1 aromatic heterocycles. The van der Waals surface area contributed by atoms with E-state index in [4.69, 9.17) is 5.11 Å². The van der Waals surface area contributed by atoms with E-state index in [-0.39, 0.29) is 6.61 Å². The largest absolute Gasteiger partial charge is 0.390 e. The number of fused-ring (bicyclic) bond motifs is 1. The van der Waals surface area contributed by atoms with Crippen molar-refractivity contribution >= 4 is 0 Å². The summed E-state index contributed by atoms with van der Waals surface area (Å²) in [4.78, 5) is 8.64. The van der Waals surface area contributed by atoms with Crippen LogP contribution in [0.5, 0.6) is 0 Å². The number of hydrogen-bond acceptors (Lipinski definition) is 3. The molecule has 1 unspecified atom stereocenters. The van der Waals surface area contributed by atoms with Crippen molar-refractivity contribution in [1.82, 2.24) is 9.97 Å². The minimum absolute atomic E-state index is 0.0239. The third kappa shape index (κ3) is 1.41. The Morgan fingerprint density at radius 2 is 2.12 bits per heavy atom. The van der Waals surface area contributed by atoms with Gasteiger partial charge in [0.1, 0.15) is 5.82 Å². The first kappa shape index (κ1) is 9.48. The molecule has 3 rings (SSSR count). The maximum absolute atomic E-state index is 9.04. The molecule has 3 nitrogen and oxygen atoms in total. The van der Waals surface area contributed by atoms with Crippen molar-refractivity contribution in [1.29, 1.82) is 0 Å². The Morgan fingerprint density at radius 1 is 1.25 bits per heavy atom. The third-order valence-electron chi connectivity index (χ3n) is 3.06. The van der Waals surface area contributed by atoms with Gasteiger partial charge in [0.15, 0.2) is 0 Å². The first-order valence-electron chi connectivity index (χ1n) is 5.39. The van der Waals surface area contributed by atoms with Gasteiger partial charge < -0.3 is 5.11 Å². The molecule has 0 aliphatic heterocycles. The fraction of sp³-hybridized carbons (Fsp3) is 0.231. The summed E-state index contributed by atoms with van der Waals surface area (Å²) in [5.41, 5.74) is 3.39. The SMILES string of the molecule is OCc1ccnc(C2Cc3ccccc32)n1. The highest BCUT2D eigenvalue weighted by molar-refractivity contribution is 5.43. The predicted octanol–water partition coefficient (Wildman–Crippen LogP) is 1.66. The van der Waals surface area contributed by atoms with Crippen LogP contribution in [0.3, 0.4) is 0 Å². The van der Waals surface area contributed by atoms with Crippen LogP contribution in [0.15, 0.2) is 36.5 Å². The van der Waals surface area contributed by atoms with Gasteiger partial charge in [0.25, 0.3) is 0 Å². The van der Waals surface area contributed by atoms with Crippen molar-refractivity contribution in [2.24, 2.45) is 0 Å². The van der Waals surface area contributed by atoms with E-state index in [1.54, 1.807) is 12.3 Å². The zero-order chi connectivity index (χ0) is 11.0. The van der Waals surface area contributed by atoms with Gasteiger partial charge in [-0.1, -0.05) is 24.3 Å². The van der Waals surface area contributed by atoms with Crippen LogP contribution in [0.2, 0.25) is 0 Å². The van der Waals surface area contributed by atoms with E-state index in [0.29, 0.717) is 11.6 Å². The van der Waals surface area contributed by atoms with Crippen LogP contribution < -0.4 is 0 Å². The number of nitrogens with zero attached hydrogens (tertiary/aromatic N) is 2. The Morgan fingerprint density at radius 3 is 2.94 bits per heavy atom. The Hall–Kier alpha value is -1.74. The van der Waals surface area contributed by atoms with E-state index in [1.807, 2.05) is 6.07 Å². The summed E-state index contributed by atoms with van der Waals surface area (Å²) in [5.74, 6) is 1.13. The van der Waals surface area contributed by atoms with E-state index in [0.717, 1.165) is 12.2 Å². The molecule has 0 saturated heterocycles. The summed E-state index contributed by atoms with van der Waals surface area (Å²) in [6.45, 7) is -0.0239. The minimum Gasteiger partial charge on any atom is -0.390 e. The average molecular weight is 212 g/mol. The van der Waals surface area contributed by atoms with Crippen molar-refractivity contribution in [3.63, 3.8) is 0 Å². The smallest absolute Gasteiger partial charge is 0.136 e. The first-order chi connectivity index (χ1) is 7.88. The number of rotatable bonds is 2. The molecule has 1 heterocycles. The van der Waals surface area contributed by atoms with Crippen molar-refractivity contribution in [2.45, 2.75) is 18.9 Å². The molecule has 0 amide bonds. The molecule has 1 atom stereocenters. The van der Waals surface area contributed by atoms with Crippen LogP contribution in [-0.2, 0) is 13.0 Å². The van der Waals surface area contributed by atoms with Crippen LogP contribution >= 0.6 is 0 Å². The van der Waals surface area contributed by atoms with E-state index in [9.17, 15) is 0 Å². The Kier molecular flexibility index (Phi) is 2.18. The zero-order valence-corrected chi connectivity index (χ0v) is 8.80. The molecule has 0 saturated carbocycles. The second kappa shape index (κ2) is 3.68. The van der Waals surface area contributed by atoms with Gasteiger partial charge in [-0.2, -0.15) is 0 Å². The standard InChI is InChI=1S/C13H12N2O/c16-8-10-5-6-14-13(15-10)12-7-9-3-1-2-4-11(9)12/h1-6,12,16H,7-8H2. The lowest BCUT2D eigenvalue weighted by atomic mass is 9.77. The fourth-order valence-electron chi connectivity index (χ4n) is 2.16. The first-order valence-corrected chi connectivity index (χ1v) is 5.39. The fourth-order valence-corrected chi connectivity index (χ4v) is 2.16. The van der Waals surface area contributed by atoms with Crippen molar-refractivity contribution < 1.29 is 5.11 Å². The summed E-state index contributed by atoms with van der Waals surface area (Å²) >= 11 is 0. The summed E-state index contributed by atoms with van der Waals surface area (Å²) < 4.78 is 0. The van der Waals surface area contributed by atoms with Crippen LogP contribution in [0.1, 0.15) is 28.6 Å². The molecule has 1 aromatic carbocycles. The molecule has 2 aromatic rings. The number of hydrogen-bond donors (Lipinski definition) is 1. The Labute approximate surface area is 93.8 Å². The second-order valence-corrected chi connectivity index (χ2v) is 4.02. The average Bonchev–Trinajstić information content (AvgIpc) is 2.31. The Bertz CT molecular complexity index is 525. The summed E-state index contributed by atoms with van der Waals surface area (Å²) in [5, 5.41) is 9.04. The summed E-state index contributed by atoms with van der Waals surface area (Å²) in [6, 6.07) is 10.1. The molecular formula is C13H12N2O. The number of aliphatic hydroxyl groups excluding tert-OH is 1. The van der Waals surface area contributed by atoms with E-state index >= 15 is 0 Å². The van der Waals surface area contributed by atoms with Crippen molar-refractivity contribution in [2.75, 3.05) is 0 Å². The van der Waals surface area contributed by atoms with E-state index in [2.05, 4.69) is 28.2 Å². The number of benzene rings is 1. The van der Waals surface area contributed by atoms with Crippen LogP contribution in [0.4, 0.5) is 0 Å². The van der Waals surface area contributed by atoms with Gasteiger partial charge in [0, 0.05) is 12.1 Å². The molecule has 0 bridgehead atoms. The lowest BCUT2D eigenvalue weighted by Gasteiger charge is -2.28. The number of aromatic nitrogens is 2. The number of aliphatic hydroxyl groups is 1. The second-order valence-electron chi connectivity index (χ2n) is 4.02. The molecule has 1 aliphatic carbocycles. The van der Waals surface area contributed by atoms with Gasteiger partial charge in [-0.25, -0.2) is 9.97 Å². The monoisotopic (exact) mass is 212 g/mol. The quantitative estimate of drug-likeness (QED) is 0.823. The van der Waals surface area contributed by atoms with Gasteiger partial charge >= 0.3 is 0 Å². The van der Waals surface area contributed by atoms with E-state index < -0.39 is 0 Å². The normalized spacial score (nSPS) is 17.7. The van der Waals surface area contributed by atoms with Gasteiger partial charge in [0.05, 0.1) is 12.3 Å². The molecule has 1 aliphatic rings. The molecule has 0 fully saturated rings. The van der Waals surface area contributed by atoms with Gasteiger partial charge in [-0.05, 0) is 23.6 Å². The highest BCUT2D eigenvalue weighted by atomic mass is 16.3. The van der Waals surface area contributed by atoms with Gasteiger partial charge in [-0.15, -0.1) is 0 Å². The molecular weight excluding hydrogens is 200 g/mol. The molecule has 16 heavy (non-hydrogen) atoms. The zero-order valence-electron chi connectivity index (χ0n) is 8.80. The molecule has 1 N–H and O–H groups in total. The van der Waals surface area contributed by atoms with Crippen LogP contribution in [-0.4, -0.2) is 15.1 Å². The van der Waals surface area contributed by atoms with Crippen molar-refractivity contribution in [3.05, 3.63) is 59.2 Å². The highest BCUT2D eigenvalue weighted by Gasteiger charge is 2.29. The summed E-state index contributed by atoms with van der Waals surface area (Å²) in [6.07, 6.45) is 2.72. The van der Waals surface area contributed by atoms with Gasteiger partial charge in [0.2, 0.25) is 0 Å². The third-order valence-corrected chi connectivity index (χ3v) is 3.06. The molecule has 0 spiro atoms. The lowest BCUT2D eigenvalue weighted by molar-refractivity contribution is 0.276. The van der Waals surface area contributed by atoms with Gasteiger partial charge in [-0.3, -0.25) is 0 Å². The van der Waals surface area contributed by atoms with Crippen LogP contribution in [0, 0.1) is 0 Å². The maximum Gasteiger partial charge on any atom is 0.136 e. The molecule has 0 radical (unpaired) electrons. The van der Waals surface area contributed by atoms with E-state index in [1.165, 1.54) is 11.1 Å². The maximum atomic E-state index is 9.04. The predicted molar refractivity (Wildman–Crippen MR) is 59.9 cm³/mol. The van der Waals surface area contributed by atoms with Crippen LogP contribution in [0.25, 0.3) is 0 Å². The van der Waals surface area contributed by atoms with Crippen molar-refractivity contribution in [3.8, 4) is 0 Å². The topological polar surface area (TPSA) is 46.0 Å². The highest BCUT2D eigenvalue weighted by Crippen LogP contribution is 2.38. The Balaban J connectivity index is 1.96. The molecule has 80 valence electrons. The lowest BCUT2D eigenvalue weighted by Crippen LogP contribution is -2.20. The summed E-state index contributed by atoms with van der Waals surface area (Å²) in [7, 11) is 0. The molecule has 3 heteroatoms. The minimum atomic E-state index is -0.0239.